The molecule has 4 rings (SSSR count). The van der Waals surface area contributed by atoms with E-state index in [0.29, 0.717) is 0 Å². The molecule has 1 heteroatoms. The molecule has 4 aromatic carbocycles. The van der Waals surface area contributed by atoms with Crippen LogP contribution in [0.5, 0.6) is 0 Å². The molecule has 0 fully saturated rings. The van der Waals surface area contributed by atoms with Crippen molar-refractivity contribution in [2.24, 2.45) is 0 Å². The lowest BCUT2D eigenvalue weighted by atomic mass is 9.83. The number of aliphatic hydroxyl groups excluding tert-OH is 1. The van der Waals surface area contributed by atoms with Crippen LogP contribution in [0.2, 0.25) is 0 Å². The summed E-state index contributed by atoms with van der Waals surface area (Å²) in [5, 5.41) is 10.9. The van der Waals surface area contributed by atoms with E-state index in [1.54, 1.807) is 0 Å². The van der Waals surface area contributed by atoms with E-state index in [1.807, 2.05) is 6.92 Å². The molecule has 0 bridgehead atoms. The third-order valence-corrected chi connectivity index (χ3v) is 5.92. The molecular weight excluding hydrogens is 364 g/mol. The van der Waals surface area contributed by atoms with Gasteiger partial charge in [0.15, 0.2) is 0 Å². The summed E-state index contributed by atoms with van der Waals surface area (Å²) in [5.41, 5.74) is 11.6. The summed E-state index contributed by atoms with van der Waals surface area (Å²) in [6.45, 7) is 8.29. The average Bonchev–Trinajstić information content (AvgIpc) is 2.74. The average molecular weight is 393 g/mol. The largest absolute Gasteiger partial charge is 0.389 e. The van der Waals surface area contributed by atoms with E-state index >= 15 is 0 Å². The summed E-state index contributed by atoms with van der Waals surface area (Å²) in [4.78, 5) is 0. The summed E-state index contributed by atoms with van der Waals surface area (Å²) in [6, 6.07) is 29.8. The molecule has 150 valence electrons. The van der Waals surface area contributed by atoms with E-state index in [0.717, 1.165) is 16.7 Å². The Labute approximate surface area is 179 Å². The first kappa shape index (κ1) is 20.1. The number of aliphatic hydroxyl groups is 1. The van der Waals surface area contributed by atoms with Crippen LogP contribution in [-0.4, -0.2) is 5.11 Å². The van der Waals surface area contributed by atoms with Crippen LogP contribution in [0.3, 0.4) is 0 Å². The molecule has 0 aliphatic rings. The predicted octanol–water partition coefficient (Wildman–Crippen LogP) is 7.67. The van der Waals surface area contributed by atoms with E-state index in [9.17, 15) is 5.11 Å². The second-order valence-electron chi connectivity index (χ2n) is 8.11. The van der Waals surface area contributed by atoms with Crippen molar-refractivity contribution in [3.63, 3.8) is 0 Å². The van der Waals surface area contributed by atoms with Gasteiger partial charge in [0, 0.05) is 0 Å². The number of benzene rings is 4. The molecule has 0 aliphatic heterocycles. The van der Waals surface area contributed by atoms with Crippen LogP contribution in [0.15, 0.2) is 84.9 Å². The van der Waals surface area contributed by atoms with Gasteiger partial charge < -0.3 is 5.11 Å². The van der Waals surface area contributed by atoms with Gasteiger partial charge >= 0.3 is 0 Å². The lowest BCUT2D eigenvalue weighted by molar-refractivity contribution is 0.200. The maximum absolute atomic E-state index is 10.9. The molecule has 1 nitrogen and oxygen atoms in total. The lowest BCUT2D eigenvalue weighted by Gasteiger charge is -2.22. The van der Waals surface area contributed by atoms with Gasteiger partial charge in [-0.05, 0) is 95.5 Å². The summed E-state index contributed by atoms with van der Waals surface area (Å²) in [5.74, 6) is 0. The molecule has 30 heavy (non-hydrogen) atoms. The van der Waals surface area contributed by atoms with Gasteiger partial charge in [0.1, 0.15) is 0 Å². The first-order valence-corrected chi connectivity index (χ1v) is 10.5. The van der Waals surface area contributed by atoms with Gasteiger partial charge in [0.2, 0.25) is 0 Å². The Morgan fingerprint density at radius 2 is 0.900 bits per heavy atom. The molecule has 0 unspecified atom stereocenters. The molecule has 1 atom stereocenters. The fourth-order valence-electron chi connectivity index (χ4n) is 4.35. The van der Waals surface area contributed by atoms with Crippen LogP contribution >= 0.6 is 0 Å². The molecule has 0 radical (unpaired) electrons. The molecule has 0 heterocycles. The zero-order valence-corrected chi connectivity index (χ0v) is 18.1. The molecule has 4 aromatic rings. The number of hydrogen-bond donors (Lipinski definition) is 1. The van der Waals surface area contributed by atoms with Crippen molar-refractivity contribution in [1.29, 1.82) is 0 Å². The highest BCUT2D eigenvalue weighted by atomic mass is 16.3. The van der Waals surface area contributed by atoms with E-state index in [-0.39, 0.29) is 0 Å². The molecule has 0 aromatic heterocycles. The summed E-state index contributed by atoms with van der Waals surface area (Å²) in [6.07, 6.45) is -0.583. The Bertz CT molecular complexity index is 1130. The third-order valence-electron chi connectivity index (χ3n) is 5.92. The Kier molecular flexibility index (Phi) is 5.57. The van der Waals surface area contributed by atoms with Crippen LogP contribution in [-0.2, 0) is 0 Å². The Morgan fingerprint density at radius 3 is 1.27 bits per heavy atom. The van der Waals surface area contributed by atoms with Gasteiger partial charge in [-0.25, -0.2) is 0 Å². The zero-order valence-electron chi connectivity index (χ0n) is 18.1. The quantitative estimate of drug-likeness (QED) is 0.378. The highest BCUT2D eigenvalue weighted by Gasteiger charge is 2.20. The predicted molar refractivity (Wildman–Crippen MR) is 128 cm³/mol. The highest BCUT2D eigenvalue weighted by molar-refractivity contribution is 5.87. The van der Waals surface area contributed by atoms with Gasteiger partial charge in [-0.15, -0.1) is 0 Å². The van der Waals surface area contributed by atoms with Gasteiger partial charge in [0.05, 0.1) is 6.10 Å². The lowest BCUT2D eigenvalue weighted by Crippen LogP contribution is -2.02. The van der Waals surface area contributed by atoms with Crippen LogP contribution in [0.25, 0.3) is 33.4 Å². The highest BCUT2D eigenvalue weighted by Crippen LogP contribution is 2.42. The standard InChI is InChI=1S/C29H28O/c1-19-11-5-8-14-24(19)23-17-27(25-15-9-6-12-20(25)2)29(22(4)30)28(18-23)26-16-10-7-13-21(26)3/h5-18,22,30H,1-4H3/t22-/m0/s1. The maximum Gasteiger partial charge on any atom is 0.0773 e. The van der Waals surface area contributed by atoms with Crippen molar-refractivity contribution in [3.8, 4) is 33.4 Å². The molecular formula is C29H28O. The van der Waals surface area contributed by atoms with Crippen LogP contribution in [0, 0.1) is 20.8 Å². The third kappa shape index (κ3) is 3.69. The minimum atomic E-state index is -0.583. The van der Waals surface area contributed by atoms with E-state index in [1.165, 1.54) is 38.9 Å². The minimum Gasteiger partial charge on any atom is -0.389 e. The normalized spacial score (nSPS) is 12.0. The number of hydrogen-bond acceptors (Lipinski definition) is 1. The second-order valence-corrected chi connectivity index (χ2v) is 8.11. The Morgan fingerprint density at radius 1 is 0.533 bits per heavy atom. The minimum absolute atomic E-state index is 0.583. The monoisotopic (exact) mass is 392 g/mol. The van der Waals surface area contributed by atoms with Crippen LogP contribution in [0.4, 0.5) is 0 Å². The fraction of sp³-hybridized carbons (Fsp3) is 0.172. The molecule has 0 spiro atoms. The topological polar surface area (TPSA) is 20.2 Å². The first-order chi connectivity index (χ1) is 14.5. The van der Waals surface area contributed by atoms with Crippen molar-refractivity contribution < 1.29 is 5.11 Å². The summed E-state index contributed by atoms with van der Waals surface area (Å²) in [7, 11) is 0. The first-order valence-electron chi connectivity index (χ1n) is 10.5. The Hall–Kier alpha value is -3.16. The number of rotatable bonds is 4. The van der Waals surface area contributed by atoms with Crippen molar-refractivity contribution in [2.75, 3.05) is 0 Å². The van der Waals surface area contributed by atoms with Gasteiger partial charge in [-0.3, -0.25) is 0 Å². The molecule has 0 saturated carbocycles. The van der Waals surface area contributed by atoms with Crippen molar-refractivity contribution in [2.45, 2.75) is 33.8 Å². The molecule has 1 N–H and O–H groups in total. The molecule has 0 aliphatic carbocycles. The van der Waals surface area contributed by atoms with Crippen molar-refractivity contribution >= 4 is 0 Å². The smallest absolute Gasteiger partial charge is 0.0773 e. The van der Waals surface area contributed by atoms with E-state index in [2.05, 4.69) is 106 Å². The fourth-order valence-corrected chi connectivity index (χ4v) is 4.35. The van der Waals surface area contributed by atoms with Gasteiger partial charge in [0.25, 0.3) is 0 Å². The van der Waals surface area contributed by atoms with Crippen molar-refractivity contribution in [3.05, 3.63) is 107 Å². The molecule has 0 amide bonds. The second kappa shape index (κ2) is 8.30. The summed E-state index contributed by atoms with van der Waals surface area (Å²) >= 11 is 0. The maximum atomic E-state index is 10.9. The molecule has 0 saturated heterocycles. The van der Waals surface area contributed by atoms with Crippen LogP contribution in [0.1, 0.15) is 35.3 Å². The van der Waals surface area contributed by atoms with Gasteiger partial charge in [-0.2, -0.15) is 0 Å². The van der Waals surface area contributed by atoms with E-state index < -0.39 is 6.10 Å². The van der Waals surface area contributed by atoms with Crippen molar-refractivity contribution in [1.82, 2.24) is 0 Å². The van der Waals surface area contributed by atoms with E-state index in [4.69, 9.17) is 0 Å². The van der Waals surface area contributed by atoms with Gasteiger partial charge in [-0.1, -0.05) is 72.8 Å². The SMILES string of the molecule is Cc1ccccc1-c1cc(-c2ccccc2C)c([C@H](C)O)c(-c2ccccc2C)c1. The summed E-state index contributed by atoms with van der Waals surface area (Å²) < 4.78 is 0. The zero-order chi connectivity index (χ0) is 21.3. The Balaban J connectivity index is 2.12. The number of aryl methyl sites for hydroxylation is 3. The van der Waals surface area contributed by atoms with Crippen LogP contribution < -0.4 is 0 Å².